The maximum absolute atomic E-state index is 11.7. The molecule has 1 fully saturated rings. The highest BCUT2D eigenvalue weighted by molar-refractivity contribution is 6.00. The van der Waals surface area contributed by atoms with E-state index in [9.17, 15) is 9.59 Å². The molecule has 1 amide bonds. The molecule has 96 valence electrons. The van der Waals surface area contributed by atoms with Crippen molar-refractivity contribution in [3.8, 4) is 0 Å². The van der Waals surface area contributed by atoms with Crippen molar-refractivity contribution in [2.75, 3.05) is 13.2 Å². The summed E-state index contributed by atoms with van der Waals surface area (Å²) in [5, 5.41) is 0. The molecule has 0 bridgehead atoms. The van der Waals surface area contributed by atoms with Crippen LogP contribution in [0.4, 0.5) is 4.79 Å². The quantitative estimate of drug-likeness (QED) is 0.815. The second-order valence-electron chi connectivity index (χ2n) is 4.47. The van der Waals surface area contributed by atoms with Crippen LogP contribution < -0.4 is 0 Å². The van der Waals surface area contributed by atoms with E-state index < -0.39 is 0 Å². The van der Waals surface area contributed by atoms with Gasteiger partial charge in [0.05, 0.1) is 13.0 Å². The summed E-state index contributed by atoms with van der Waals surface area (Å²) in [5.74, 6) is 0.00869. The van der Waals surface area contributed by atoms with E-state index in [0.29, 0.717) is 13.2 Å². The maximum atomic E-state index is 11.7. The molecule has 1 saturated heterocycles. The van der Waals surface area contributed by atoms with Crippen molar-refractivity contribution in [1.29, 1.82) is 0 Å². The van der Waals surface area contributed by atoms with Gasteiger partial charge in [0.15, 0.2) is 5.78 Å². The zero-order valence-corrected chi connectivity index (χ0v) is 10.3. The van der Waals surface area contributed by atoms with Gasteiger partial charge in [-0.1, -0.05) is 30.3 Å². The van der Waals surface area contributed by atoms with Crippen molar-refractivity contribution >= 4 is 17.4 Å². The third kappa shape index (κ3) is 2.17. The first-order valence-electron chi connectivity index (χ1n) is 6.19. The zero-order chi connectivity index (χ0) is 13.2. The van der Waals surface area contributed by atoms with Crippen LogP contribution in [-0.2, 0) is 9.53 Å². The van der Waals surface area contributed by atoms with Gasteiger partial charge in [-0.25, -0.2) is 4.79 Å². The Morgan fingerprint density at radius 1 is 1.05 bits per heavy atom. The standard InChI is InChI=1S/C15H13NO3/c17-12-6-7-13(11-4-2-1-3-5-11)14(10-12)16-8-9-19-15(16)18/h1-7H,8-10H2. The normalized spacial score (nSPS) is 19.1. The van der Waals surface area contributed by atoms with Gasteiger partial charge in [0.1, 0.15) is 6.61 Å². The van der Waals surface area contributed by atoms with Crippen LogP contribution in [0.1, 0.15) is 12.0 Å². The van der Waals surface area contributed by atoms with Crippen LogP contribution in [-0.4, -0.2) is 29.9 Å². The minimum absolute atomic E-state index is 0.00869. The first-order chi connectivity index (χ1) is 9.25. The molecule has 19 heavy (non-hydrogen) atoms. The van der Waals surface area contributed by atoms with Crippen LogP contribution in [0, 0.1) is 0 Å². The molecule has 0 spiro atoms. The van der Waals surface area contributed by atoms with Crippen molar-refractivity contribution in [2.24, 2.45) is 0 Å². The Bertz CT molecular complexity index is 587. The molecular formula is C15H13NO3. The average molecular weight is 255 g/mol. The number of hydrogen-bond acceptors (Lipinski definition) is 3. The monoisotopic (exact) mass is 255 g/mol. The SMILES string of the molecule is O=C1C=CC(c2ccccc2)=C(N2CCOC2=O)C1. The molecule has 0 atom stereocenters. The molecular weight excluding hydrogens is 242 g/mol. The highest BCUT2D eigenvalue weighted by Gasteiger charge is 2.29. The second kappa shape index (κ2) is 4.72. The molecule has 0 aromatic heterocycles. The number of ketones is 1. The van der Waals surface area contributed by atoms with Crippen LogP contribution >= 0.6 is 0 Å². The van der Waals surface area contributed by atoms with Gasteiger partial charge in [-0.2, -0.15) is 0 Å². The van der Waals surface area contributed by atoms with Crippen molar-refractivity contribution in [1.82, 2.24) is 4.90 Å². The fourth-order valence-electron chi connectivity index (χ4n) is 2.35. The summed E-state index contributed by atoms with van der Waals surface area (Å²) in [6, 6.07) is 9.75. The molecule has 0 radical (unpaired) electrons. The topological polar surface area (TPSA) is 46.6 Å². The van der Waals surface area contributed by atoms with Crippen molar-refractivity contribution in [3.63, 3.8) is 0 Å². The van der Waals surface area contributed by atoms with Gasteiger partial charge >= 0.3 is 6.09 Å². The van der Waals surface area contributed by atoms with Gasteiger partial charge in [-0.15, -0.1) is 0 Å². The lowest BCUT2D eigenvalue weighted by Crippen LogP contribution is -2.27. The van der Waals surface area contributed by atoms with E-state index in [1.54, 1.807) is 17.1 Å². The van der Waals surface area contributed by atoms with Crippen molar-refractivity contribution < 1.29 is 14.3 Å². The molecule has 0 N–H and O–H groups in total. The van der Waals surface area contributed by atoms with Crippen LogP contribution in [0.15, 0.2) is 48.2 Å². The van der Waals surface area contributed by atoms with Crippen LogP contribution in [0.3, 0.4) is 0 Å². The van der Waals surface area contributed by atoms with Gasteiger partial charge in [0.2, 0.25) is 0 Å². The second-order valence-corrected chi connectivity index (χ2v) is 4.47. The summed E-state index contributed by atoms with van der Waals surface area (Å²) in [5.41, 5.74) is 2.65. The van der Waals surface area contributed by atoms with E-state index in [1.807, 2.05) is 30.3 Å². The summed E-state index contributed by atoms with van der Waals surface area (Å²) in [4.78, 5) is 24.9. The van der Waals surface area contributed by atoms with E-state index in [1.165, 1.54) is 0 Å². The minimum Gasteiger partial charge on any atom is -0.447 e. The van der Waals surface area contributed by atoms with Crippen LogP contribution in [0.2, 0.25) is 0 Å². The smallest absolute Gasteiger partial charge is 0.414 e. The van der Waals surface area contributed by atoms with Gasteiger partial charge in [-0.3, -0.25) is 9.69 Å². The predicted octanol–water partition coefficient (Wildman–Crippen LogP) is 2.38. The largest absolute Gasteiger partial charge is 0.447 e. The van der Waals surface area contributed by atoms with Crippen LogP contribution in [0.25, 0.3) is 5.57 Å². The molecule has 1 aliphatic heterocycles. The number of amides is 1. The lowest BCUT2D eigenvalue weighted by Gasteiger charge is -2.22. The Balaban J connectivity index is 2.07. The first-order valence-corrected chi connectivity index (χ1v) is 6.19. The number of rotatable bonds is 2. The molecule has 0 unspecified atom stereocenters. The lowest BCUT2D eigenvalue weighted by molar-refractivity contribution is -0.114. The Morgan fingerprint density at radius 3 is 2.53 bits per heavy atom. The Hall–Kier alpha value is -2.36. The molecule has 1 aliphatic carbocycles. The lowest BCUT2D eigenvalue weighted by atomic mass is 9.95. The van der Waals surface area contributed by atoms with Crippen molar-refractivity contribution in [3.05, 3.63) is 53.7 Å². The third-order valence-electron chi connectivity index (χ3n) is 3.26. The fourth-order valence-corrected chi connectivity index (χ4v) is 2.35. The number of carbonyl (C=O) groups is 2. The first kappa shape index (κ1) is 11.7. The number of benzene rings is 1. The number of allylic oxidation sites excluding steroid dienone is 4. The number of hydrogen-bond donors (Lipinski definition) is 0. The number of carbonyl (C=O) groups excluding carboxylic acids is 2. The molecule has 2 aliphatic rings. The average Bonchev–Trinajstić information content (AvgIpc) is 2.86. The molecule has 4 nitrogen and oxygen atoms in total. The molecule has 0 saturated carbocycles. The predicted molar refractivity (Wildman–Crippen MR) is 70.2 cm³/mol. The van der Waals surface area contributed by atoms with Crippen molar-refractivity contribution in [2.45, 2.75) is 6.42 Å². The summed E-state index contributed by atoms with van der Waals surface area (Å²) in [6.07, 6.45) is 3.22. The van der Waals surface area contributed by atoms with Gasteiger partial charge in [-0.05, 0) is 17.7 Å². The van der Waals surface area contributed by atoms with Gasteiger partial charge < -0.3 is 4.74 Å². The van der Waals surface area contributed by atoms with E-state index >= 15 is 0 Å². The Kier molecular flexibility index (Phi) is 2.91. The fraction of sp³-hybridized carbons (Fsp3) is 0.200. The summed E-state index contributed by atoms with van der Waals surface area (Å²) >= 11 is 0. The van der Waals surface area contributed by atoms with Gasteiger partial charge in [0.25, 0.3) is 0 Å². The van der Waals surface area contributed by atoms with Crippen LogP contribution in [0.5, 0.6) is 0 Å². The Morgan fingerprint density at radius 2 is 1.84 bits per heavy atom. The van der Waals surface area contributed by atoms with E-state index in [0.717, 1.165) is 16.8 Å². The highest BCUT2D eigenvalue weighted by Crippen LogP contribution is 2.30. The number of cyclic esters (lactones) is 1. The minimum atomic E-state index is -0.369. The van der Waals surface area contributed by atoms with E-state index in [2.05, 4.69) is 0 Å². The molecule has 1 heterocycles. The molecule has 1 aromatic rings. The molecule has 3 rings (SSSR count). The summed E-state index contributed by atoms with van der Waals surface area (Å²) in [7, 11) is 0. The van der Waals surface area contributed by atoms with E-state index in [-0.39, 0.29) is 18.3 Å². The summed E-state index contributed by atoms with van der Waals surface area (Å²) < 4.78 is 4.96. The number of nitrogens with zero attached hydrogens (tertiary/aromatic N) is 1. The zero-order valence-electron chi connectivity index (χ0n) is 10.3. The molecule has 4 heteroatoms. The van der Waals surface area contributed by atoms with E-state index in [4.69, 9.17) is 4.74 Å². The molecule has 1 aromatic carbocycles. The maximum Gasteiger partial charge on any atom is 0.414 e. The Labute approximate surface area is 111 Å². The highest BCUT2D eigenvalue weighted by atomic mass is 16.6. The third-order valence-corrected chi connectivity index (χ3v) is 3.26. The summed E-state index contributed by atoms with van der Waals surface area (Å²) in [6.45, 7) is 0.883. The van der Waals surface area contributed by atoms with Gasteiger partial charge in [0, 0.05) is 11.3 Å². The number of ether oxygens (including phenoxy) is 1.